The van der Waals surface area contributed by atoms with Crippen molar-refractivity contribution in [1.82, 2.24) is 5.32 Å². The molecule has 1 atom stereocenters. The van der Waals surface area contributed by atoms with Crippen LogP contribution in [0.5, 0.6) is 0 Å². The van der Waals surface area contributed by atoms with Gasteiger partial charge in [-0.2, -0.15) is 0 Å². The predicted octanol–water partition coefficient (Wildman–Crippen LogP) is 3.29. The highest BCUT2D eigenvalue weighted by atomic mass is 127. The van der Waals surface area contributed by atoms with Gasteiger partial charge >= 0.3 is 12.1 Å². The highest BCUT2D eigenvalue weighted by molar-refractivity contribution is 14.1. The van der Waals surface area contributed by atoms with E-state index < -0.39 is 23.7 Å². The van der Waals surface area contributed by atoms with Crippen LogP contribution >= 0.6 is 22.6 Å². The molecule has 122 valence electrons. The summed E-state index contributed by atoms with van der Waals surface area (Å²) in [6.07, 6.45) is -0.272. The third kappa shape index (κ3) is 7.11. The number of benzene rings is 1. The fourth-order valence-corrected chi connectivity index (χ4v) is 2.39. The number of carbonyl (C=O) groups excluding carboxylic acids is 2. The molecule has 0 saturated carbocycles. The number of amides is 1. The van der Waals surface area contributed by atoms with Gasteiger partial charge in [0.15, 0.2) is 0 Å². The van der Waals surface area contributed by atoms with Crippen LogP contribution in [0.15, 0.2) is 24.3 Å². The molecule has 1 aromatic rings. The van der Waals surface area contributed by atoms with E-state index in [0.29, 0.717) is 6.42 Å². The fraction of sp³-hybridized carbons (Fsp3) is 0.500. The van der Waals surface area contributed by atoms with Gasteiger partial charge in [0, 0.05) is 9.99 Å². The normalized spacial score (nSPS) is 12.4. The fourth-order valence-electron chi connectivity index (χ4n) is 1.79. The van der Waals surface area contributed by atoms with E-state index in [1.165, 1.54) is 0 Å². The quantitative estimate of drug-likeness (QED) is 0.588. The average molecular weight is 419 g/mol. The van der Waals surface area contributed by atoms with Crippen molar-refractivity contribution in [2.75, 3.05) is 6.61 Å². The summed E-state index contributed by atoms with van der Waals surface area (Å²) in [5, 5.41) is 2.59. The molecule has 6 heteroatoms. The minimum absolute atomic E-state index is 0.262. The van der Waals surface area contributed by atoms with E-state index in [2.05, 4.69) is 27.9 Å². The molecule has 1 rings (SSSR count). The predicted molar refractivity (Wildman–Crippen MR) is 92.7 cm³/mol. The van der Waals surface area contributed by atoms with E-state index in [4.69, 9.17) is 9.47 Å². The first-order chi connectivity index (χ1) is 10.2. The molecular formula is C16H22INO4. The van der Waals surface area contributed by atoms with Crippen molar-refractivity contribution in [2.24, 2.45) is 0 Å². The van der Waals surface area contributed by atoms with Gasteiger partial charge in [-0.3, -0.25) is 0 Å². The number of hydrogen-bond donors (Lipinski definition) is 1. The van der Waals surface area contributed by atoms with Crippen molar-refractivity contribution in [3.63, 3.8) is 0 Å². The Morgan fingerprint density at radius 3 is 2.55 bits per heavy atom. The van der Waals surface area contributed by atoms with Gasteiger partial charge in [-0.25, -0.2) is 9.59 Å². The monoisotopic (exact) mass is 419 g/mol. The van der Waals surface area contributed by atoms with Crippen molar-refractivity contribution in [3.05, 3.63) is 33.4 Å². The number of carbonyl (C=O) groups is 2. The lowest BCUT2D eigenvalue weighted by Gasteiger charge is -2.23. The smallest absolute Gasteiger partial charge is 0.408 e. The van der Waals surface area contributed by atoms with Gasteiger partial charge in [0.05, 0.1) is 6.61 Å². The average Bonchev–Trinajstić information content (AvgIpc) is 2.36. The van der Waals surface area contributed by atoms with Gasteiger partial charge in [-0.05, 0) is 68.0 Å². The molecule has 0 bridgehead atoms. The van der Waals surface area contributed by atoms with Crippen molar-refractivity contribution in [2.45, 2.75) is 45.8 Å². The van der Waals surface area contributed by atoms with Crippen LogP contribution < -0.4 is 5.32 Å². The minimum Gasteiger partial charge on any atom is -0.464 e. The summed E-state index contributed by atoms with van der Waals surface area (Å²) in [5.41, 5.74) is 0.326. The molecule has 0 aromatic heterocycles. The number of hydrogen-bond acceptors (Lipinski definition) is 4. The Labute approximate surface area is 144 Å². The first-order valence-corrected chi connectivity index (χ1v) is 8.19. The number of nitrogens with one attached hydrogen (secondary N) is 1. The lowest BCUT2D eigenvalue weighted by molar-refractivity contribution is -0.145. The number of alkyl carbamates (subject to hydrolysis) is 1. The highest BCUT2D eigenvalue weighted by Crippen LogP contribution is 2.12. The van der Waals surface area contributed by atoms with E-state index in [0.717, 1.165) is 9.13 Å². The second kappa shape index (κ2) is 8.36. The third-order valence-electron chi connectivity index (χ3n) is 2.59. The molecule has 1 N–H and O–H groups in total. The van der Waals surface area contributed by atoms with Crippen LogP contribution in [-0.4, -0.2) is 30.3 Å². The summed E-state index contributed by atoms with van der Waals surface area (Å²) in [4.78, 5) is 23.9. The zero-order chi connectivity index (χ0) is 16.8. The van der Waals surface area contributed by atoms with Crippen molar-refractivity contribution in [1.29, 1.82) is 0 Å². The molecule has 1 amide bonds. The summed E-state index contributed by atoms with van der Waals surface area (Å²) in [6.45, 7) is 7.30. The molecule has 5 nitrogen and oxygen atoms in total. The van der Waals surface area contributed by atoms with Crippen LogP contribution in [0.3, 0.4) is 0 Å². The second-order valence-corrected chi connectivity index (χ2v) is 7.03. The summed E-state index contributed by atoms with van der Waals surface area (Å²) in [7, 11) is 0. The lowest BCUT2D eigenvalue weighted by Crippen LogP contribution is -2.45. The van der Waals surface area contributed by atoms with E-state index in [1.807, 2.05) is 24.3 Å². The van der Waals surface area contributed by atoms with Crippen LogP contribution in [0.4, 0.5) is 4.79 Å². The molecule has 0 aliphatic rings. The van der Waals surface area contributed by atoms with E-state index >= 15 is 0 Å². The molecule has 22 heavy (non-hydrogen) atoms. The van der Waals surface area contributed by atoms with Crippen LogP contribution in [0.1, 0.15) is 33.3 Å². The SMILES string of the molecule is CCOC(=O)C(Cc1cccc(I)c1)NC(=O)OC(C)(C)C. The maximum atomic E-state index is 12.0. The molecule has 1 aromatic carbocycles. The van der Waals surface area contributed by atoms with Crippen LogP contribution in [0, 0.1) is 3.57 Å². The first kappa shape index (κ1) is 18.7. The van der Waals surface area contributed by atoms with Crippen LogP contribution in [0.2, 0.25) is 0 Å². The molecule has 0 spiro atoms. The van der Waals surface area contributed by atoms with Crippen LogP contribution in [0.25, 0.3) is 0 Å². The Hall–Kier alpha value is -1.31. The third-order valence-corrected chi connectivity index (χ3v) is 3.26. The number of halogens is 1. The molecule has 1 unspecified atom stereocenters. The molecule has 0 aliphatic carbocycles. The summed E-state index contributed by atoms with van der Waals surface area (Å²) in [5.74, 6) is -0.466. The molecule has 0 aliphatic heterocycles. The minimum atomic E-state index is -0.770. The van der Waals surface area contributed by atoms with E-state index in [9.17, 15) is 9.59 Å². The van der Waals surface area contributed by atoms with Gasteiger partial charge < -0.3 is 14.8 Å². The summed E-state index contributed by atoms with van der Waals surface area (Å²) in [6, 6.07) is 6.97. The maximum Gasteiger partial charge on any atom is 0.408 e. The topological polar surface area (TPSA) is 64.6 Å². The van der Waals surface area contributed by atoms with Gasteiger partial charge in [0.25, 0.3) is 0 Å². The Kier molecular flexibility index (Phi) is 7.12. The van der Waals surface area contributed by atoms with Gasteiger partial charge in [0.1, 0.15) is 11.6 Å². The maximum absolute atomic E-state index is 12.0. The van der Waals surface area contributed by atoms with E-state index in [1.54, 1.807) is 27.7 Å². The number of ether oxygens (including phenoxy) is 2. The number of rotatable bonds is 5. The largest absolute Gasteiger partial charge is 0.464 e. The zero-order valence-corrected chi connectivity index (χ0v) is 15.5. The molecule has 0 saturated heterocycles. The second-order valence-electron chi connectivity index (χ2n) is 5.78. The Balaban J connectivity index is 2.80. The van der Waals surface area contributed by atoms with Crippen molar-refractivity contribution < 1.29 is 19.1 Å². The van der Waals surface area contributed by atoms with Crippen molar-refractivity contribution >= 4 is 34.7 Å². The van der Waals surface area contributed by atoms with Gasteiger partial charge in [-0.15, -0.1) is 0 Å². The molecule has 0 heterocycles. The zero-order valence-electron chi connectivity index (χ0n) is 13.3. The van der Waals surface area contributed by atoms with Gasteiger partial charge in [0.2, 0.25) is 0 Å². The summed E-state index contributed by atoms with van der Waals surface area (Å²) < 4.78 is 11.3. The summed E-state index contributed by atoms with van der Waals surface area (Å²) >= 11 is 2.20. The highest BCUT2D eigenvalue weighted by Gasteiger charge is 2.25. The molecular weight excluding hydrogens is 397 g/mol. The Morgan fingerprint density at radius 2 is 2.00 bits per heavy atom. The molecule has 0 radical (unpaired) electrons. The molecule has 0 fully saturated rings. The van der Waals surface area contributed by atoms with Crippen molar-refractivity contribution in [3.8, 4) is 0 Å². The Morgan fingerprint density at radius 1 is 1.32 bits per heavy atom. The standard InChI is InChI=1S/C16H22INO4/c1-5-21-14(19)13(18-15(20)22-16(2,3)4)10-11-7-6-8-12(17)9-11/h6-9,13H,5,10H2,1-4H3,(H,18,20). The van der Waals surface area contributed by atoms with Crippen LogP contribution in [-0.2, 0) is 20.7 Å². The van der Waals surface area contributed by atoms with E-state index in [-0.39, 0.29) is 6.61 Å². The Bertz CT molecular complexity index is 525. The van der Waals surface area contributed by atoms with Gasteiger partial charge in [-0.1, -0.05) is 12.1 Å². The first-order valence-electron chi connectivity index (χ1n) is 7.12. The number of esters is 1. The lowest BCUT2D eigenvalue weighted by atomic mass is 10.1.